The van der Waals surface area contributed by atoms with E-state index in [2.05, 4.69) is 5.10 Å². The molecular formula is C13H14F2N2O. The van der Waals surface area contributed by atoms with Crippen molar-refractivity contribution in [1.82, 2.24) is 9.78 Å². The maximum Gasteiger partial charge on any atom is 0.165 e. The molecule has 1 atom stereocenters. The Balaban J connectivity index is 2.49. The third kappa shape index (κ3) is 2.01. The van der Waals surface area contributed by atoms with Gasteiger partial charge in [-0.3, -0.25) is 4.68 Å². The fourth-order valence-electron chi connectivity index (χ4n) is 1.93. The average Bonchev–Trinajstić information content (AvgIpc) is 2.65. The molecule has 1 aromatic heterocycles. The van der Waals surface area contributed by atoms with Gasteiger partial charge in [-0.25, -0.2) is 8.78 Å². The van der Waals surface area contributed by atoms with Gasteiger partial charge in [-0.2, -0.15) is 5.10 Å². The summed E-state index contributed by atoms with van der Waals surface area (Å²) in [7, 11) is 1.70. The molecule has 1 unspecified atom stereocenters. The highest BCUT2D eigenvalue weighted by molar-refractivity contribution is 5.34. The molecule has 1 N–H and O–H groups in total. The molecule has 2 rings (SSSR count). The van der Waals surface area contributed by atoms with Crippen LogP contribution in [-0.2, 0) is 7.05 Å². The van der Waals surface area contributed by atoms with Gasteiger partial charge < -0.3 is 5.11 Å². The van der Waals surface area contributed by atoms with Crippen LogP contribution < -0.4 is 0 Å². The predicted molar refractivity (Wildman–Crippen MR) is 63.1 cm³/mol. The molecule has 3 nitrogen and oxygen atoms in total. The lowest BCUT2D eigenvalue weighted by molar-refractivity contribution is 0.212. The van der Waals surface area contributed by atoms with Gasteiger partial charge in [-0.05, 0) is 19.4 Å². The number of aliphatic hydroxyl groups excluding tert-OH is 1. The van der Waals surface area contributed by atoms with E-state index in [1.54, 1.807) is 20.2 Å². The second-order valence-electron chi connectivity index (χ2n) is 4.35. The minimum Gasteiger partial charge on any atom is -0.383 e. The fraction of sp³-hybridized carbons (Fsp3) is 0.308. The van der Waals surface area contributed by atoms with Crippen molar-refractivity contribution >= 4 is 0 Å². The van der Waals surface area contributed by atoms with Crippen molar-refractivity contribution in [3.63, 3.8) is 0 Å². The molecule has 0 saturated heterocycles. The van der Waals surface area contributed by atoms with Gasteiger partial charge >= 0.3 is 0 Å². The van der Waals surface area contributed by atoms with Crippen LogP contribution in [0, 0.1) is 25.5 Å². The van der Waals surface area contributed by atoms with Gasteiger partial charge in [-0.15, -0.1) is 0 Å². The normalized spacial score (nSPS) is 12.8. The molecule has 0 amide bonds. The SMILES string of the molecule is Cc1ccc(C(O)c2cn(C)nc2C)c(F)c1F. The third-order valence-corrected chi connectivity index (χ3v) is 2.95. The number of hydrogen-bond donors (Lipinski definition) is 1. The Morgan fingerprint density at radius 3 is 2.39 bits per heavy atom. The topological polar surface area (TPSA) is 38.0 Å². The van der Waals surface area contributed by atoms with Gasteiger partial charge in [-0.1, -0.05) is 12.1 Å². The average molecular weight is 252 g/mol. The molecule has 0 saturated carbocycles. The zero-order valence-corrected chi connectivity index (χ0v) is 10.4. The number of hydrogen-bond acceptors (Lipinski definition) is 2. The Hall–Kier alpha value is -1.75. The van der Waals surface area contributed by atoms with Crippen molar-refractivity contribution in [2.75, 3.05) is 0 Å². The predicted octanol–water partition coefficient (Wildman–Crippen LogP) is 2.40. The number of nitrogens with zero attached hydrogens (tertiary/aromatic N) is 2. The van der Waals surface area contributed by atoms with Crippen LogP contribution in [0.25, 0.3) is 0 Å². The first-order valence-corrected chi connectivity index (χ1v) is 5.54. The Kier molecular flexibility index (Phi) is 3.17. The largest absolute Gasteiger partial charge is 0.383 e. The first kappa shape index (κ1) is 12.7. The molecule has 1 heterocycles. The van der Waals surface area contributed by atoms with E-state index in [0.717, 1.165) is 0 Å². The molecule has 0 aliphatic heterocycles. The van der Waals surface area contributed by atoms with Gasteiger partial charge in [0.1, 0.15) is 6.10 Å². The van der Waals surface area contributed by atoms with Gasteiger partial charge in [0.2, 0.25) is 0 Å². The van der Waals surface area contributed by atoms with Crippen LogP contribution in [0.3, 0.4) is 0 Å². The summed E-state index contributed by atoms with van der Waals surface area (Å²) in [6.45, 7) is 3.19. The minimum absolute atomic E-state index is 0.0748. The second kappa shape index (κ2) is 4.49. The number of aliphatic hydroxyl groups is 1. The summed E-state index contributed by atoms with van der Waals surface area (Å²) in [5.41, 5.74) is 1.20. The van der Waals surface area contributed by atoms with Crippen molar-refractivity contribution in [1.29, 1.82) is 0 Å². The molecular weight excluding hydrogens is 238 g/mol. The highest BCUT2D eigenvalue weighted by Gasteiger charge is 2.21. The number of benzene rings is 1. The molecule has 0 fully saturated rings. The van der Waals surface area contributed by atoms with Crippen LogP contribution in [0.2, 0.25) is 0 Å². The lowest BCUT2D eigenvalue weighted by atomic mass is 10.0. The maximum absolute atomic E-state index is 13.8. The van der Waals surface area contributed by atoms with Crippen LogP contribution >= 0.6 is 0 Å². The molecule has 0 spiro atoms. The van der Waals surface area contributed by atoms with Crippen LogP contribution in [-0.4, -0.2) is 14.9 Å². The molecule has 1 aromatic carbocycles. The van der Waals surface area contributed by atoms with Crippen molar-refractivity contribution in [2.45, 2.75) is 20.0 Å². The summed E-state index contributed by atoms with van der Waals surface area (Å²) >= 11 is 0. The summed E-state index contributed by atoms with van der Waals surface area (Å²) in [5.74, 6) is -1.93. The summed E-state index contributed by atoms with van der Waals surface area (Å²) in [5, 5.41) is 14.2. The minimum atomic E-state index is -1.21. The van der Waals surface area contributed by atoms with Gasteiger partial charge in [0.25, 0.3) is 0 Å². The van der Waals surface area contributed by atoms with E-state index in [1.165, 1.54) is 23.7 Å². The van der Waals surface area contributed by atoms with E-state index in [-0.39, 0.29) is 11.1 Å². The molecule has 0 bridgehead atoms. The Morgan fingerprint density at radius 1 is 1.17 bits per heavy atom. The van der Waals surface area contributed by atoms with Crippen LogP contribution in [0.15, 0.2) is 18.3 Å². The number of aryl methyl sites for hydroxylation is 3. The lowest BCUT2D eigenvalue weighted by Gasteiger charge is -2.12. The van der Waals surface area contributed by atoms with Crippen LogP contribution in [0.1, 0.15) is 28.5 Å². The smallest absolute Gasteiger partial charge is 0.165 e. The highest BCUT2D eigenvalue weighted by Crippen LogP contribution is 2.28. The lowest BCUT2D eigenvalue weighted by Crippen LogP contribution is -2.05. The standard InChI is InChI=1S/C13H14F2N2O/c1-7-4-5-9(12(15)11(7)14)13(18)10-6-17(3)16-8(10)2/h4-6,13,18H,1-3H3. The van der Waals surface area contributed by atoms with E-state index >= 15 is 0 Å². The molecule has 18 heavy (non-hydrogen) atoms. The third-order valence-electron chi connectivity index (χ3n) is 2.95. The maximum atomic E-state index is 13.8. The molecule has 0 radical (unpaired) electrons. The summed E-state index contributed by atoms with van der Waals surface area (Å²) in [4.78, 5) is 0. The van der Waals surface area contributed by atoms with Crippen molar-refractivity contribution < 1.29 is 13.9 Å². The highest BCUT2D eigenvalue weighted by atomic mass is 19.2. The van der Waals surface area contributed by atoms with E-state index in [4.69, 9.17) is 0 Å². The fourth-order valence-corrected chi connectivity index (χ4v) is 1.93. The van der Waals surface area contributed by atoms with Crippen molar-refractivity contribution in [3.05, 3.63) is 52.3 Å². The van der Waals surface area contributed by atoms with E-state index in [0.29, 0.717) is 11.3 Å². The first-order chi connectivity index (χ1) is 8.41. The number of rotatable bonds is 2. The van der Waals surface area contributed by atoms with E-state index in [1.807, 2.05) is 0 Å². The van der Waals surface area contributed by atoms with Gasteiger partial charge in [0.05, 0.1) is 5.69 Å². The monoisotopic (exact) mass is 252 g/mol. The van der Waals surface area contributed by atoms with Crippen molar-refractivity contribution in [2.24, 2.45) is 7.05 Å². The van der Waals surface area contributed by atoms with Crippen LogP contribution in [0.5, 0.6) is 0 Å². The van der Waals surface area contributed by atoms with E-state index < -0.39 is 17.7 Å². The molecule has 0 aliphatic carbocycles. The van der Waals surface area contributed by atoms with E-state index in [9.17, 15) is 13.9 Å². The Labute approximate surface area is 104 Å². The van der Waals surface area contributed by atoms with Gasteiger partial charge in [0, 0.05) is 24.4 Å². The Bertz CT molecular complexity index is 593. The summed E-state index contributed by atoms with van der Waals surface area (Å²) in [6, 6.07) is 2.84. The molecule has 5 heteroatoms. The molecule has 0 aliphatic rings. The number of aromatic nitrogens is 2. The zero-order chi connectivity index (χ0) is 13.4. The molecule has 2 aromatic rings. The summed E-state index contributed by atoms with van der Waals surface area (Å²) in [6.07, 6.45) is 0.380. The van der Waals surface area contributed by atoms with Crippen LogP contribution in [0.4, 0.5) is 8.78 Å². The number of halogens is 2. The molecule has 96 valence electrons. The summed E-state index contributed by atoms with van der Waals surface area (Å²) < 4.78 is 28.8. The van der Waals surface area contributed by atoms with Crippen molar-refractivity contribution in [3.8, 4) is 0 Å². The Morgan fingerprint density at radius 2 is 1.83 bits per heavy atom. The zero-order valence-electron chi connectivity index (χ0n) is 10.4. The quantitative estimate of drug-likeness (QED) is 0.891. The van der Waals surface area contributed by atoms with Gasteiger partial charge in [0.15, 0.2) is 11.6 Å². The second-order valence-corrected chi connectivity index (χ2v) is 4.35. The first-order valence-electron chi connectivity index (χ1n) is 5.54.